The summed E-state index contributed by atoms with van der Waals surface area (Å²) < 4.78 is 20.6. The van der Waals surface area contributed by atoms with E-state index in [1.54, 1.807) is 6.07 Å². The SMILES string of the molecule is C[C@@H](NCC(=O)OC(C)(C)C)[C@H](CCc1ccccc1)c1ccc(-c2ccccc2)c(F)c1. The third kappa shape index (κ3) is 7.54. The highest BCUT2D eigenvalue weighted by Gasteiger charge is 2.23. The molecule has 0 aromatic heterocycles. The summed E-state index contributed by atoms with van der Waals surface area (Å²) >= 11 is 0. The summed E-state index contributed by atoms with van der Waals surface area (Å²) in [5, 5.41) is 3.31. The van der Waals surface area contributed by atoms with Gasteiger partial charge in [-0.3, -0.25) is 4.79 Å². The molecule has 1 N–H and O–H groups in total. The van der Waals surface area contributed by atoms with Gasteiger partial charge in [-0.15, -0.1) is 0 Å². The fraction of sp³-hybridized carbons (Fsp3) is 0.345. The van der Waals surface area contributed by atoms with Gasteiger partial charge in [0, 0.05) is 11.6 Å². The molecule has 0 aliphatic carbocycles. The van der Waals surface area contributed by atoms with Gasteiger partial charge in [0.25, 0.3) is 0 Å². The summed E-state index contributed by atoms with van der Waals surface area (Å²) in [5.41, 5.74) is 3.09. The van der Waals surface area contributed by atoms with Crippen molar-refractivity contribution in [3.8, 4) is 11.1 Å². The van der Waals surface area contributed by atoms with Crippen LogP contribution in [-0.4, -0.2) is 24.2 Å². The van der Waals surface area contributed by atoms with E-state index >= 15 is 4.39 Å². The number of carbonyl (C=O) groups excluding carboxylic acids is 1. The van der Waals surface area contributed by atoms with Crippen LogP contribution in [-0.2, 0) is 16.0 Å². The van der Waals surface area contributed by atoms with Crippen LogP contribution in [0.1, 0.15) is 51.2 Å². The van der Waals surface area contributed by atoms with Crippen LogP contribution in [0.3, 0.4) is 0 Å². The first kappa shape index (κ1) is 24.7. The summed E-state index contributed by atoms with van der Waals surface area (Å²) in [7, 11) is 0. The maximum Gasteiger partial charge on any atom is 0.320 e. The minimum absolute atomic E-state index is 0.0342. The van der Waals surface area contributed by atoms with Gasteiger partial charge in [0.2, 0.25) is 0 Å². The van der Waals surface area contributed by atoms with Crippen LogP contribution in [0.15, 0.2) is 78.9 Å². The van der Waals surface area contributed by atoms with Gasteiger partial charge in [-0.05, 0) is 69.2 Å². The number of hydrogen-bond acceptors (Lipinski definition) is 3. The van der Waals surface area contributed by atoms with Gasteiger partial charge in [-0.25, -0.2) is 4.39 Å². The Balaban J connectivity index is 1.78. The maximum atomic E-state index is 15.1. The number of ether oxygens (including phenoxy) is 1. The molecule has 3 aromatic rings. The van der Waals surface area contributed by atoms with Gasteiger partial charge in [-0.2, -0.15) is 0 Å². The van der Waals surface area contributed by atoms with Crippen LogP contribution in [0.4, 0.5) is 4.39 Å². The molecular formula is C29H34FNO2. The number of esters is 1. The van der Waals surface area contributed by atoms with Crippen molar-refractivity contribution in [2.75, 3.05) is 6.54 Å². The number of nitrogens with one attached hydrogen (secondary N) is 1. The molecular weight excluding hydrogens is 413 g/mol. The molecule has 0 saturated carbocycles. The topological polar surface area (TPSA) is 38.3 Å². The molecule has 3 nitrogen and oxygen atoms in total. The summed E-state index contributed by atoms with van der Waals surface area (Å²) in [4.78, 5) is 12.2. The smallest absolute Gasteiger partial charge is 0.320 e. The van der Waals surface area contributed by atoms with Crippen molar-refractivity contribution < 1.29 is 13.9 Å². The molecule has 0 heterocycles. The minimum atomic E-state index is -0.523. The van der Waals surface area contributed by atoms with Crippen molar-refractivity contribution in [1.82, 2.24) is 5.32 Å². The molecule has 3 aromatic carbocycles. The number of halogens is 1. The van der Waals surface area contributed by atoms with E-state index in [9.17, 15) is 4.79 Å². The van der Waals surface area contributed by atoms with Gasteiger partial charge in [-0.1, -0.05) is 72.8 Å². The Kier molecular flexibility index (Phi) is 8.40. The lowest BCUT2D eigenvalue weighted by atomic mass is 9.86. The Morgan fingerprint density at radius 3 is 2.21 bits per heavy atom. The highest BCUT2D eigenvalue weighted by Crippen LogP contribution is 2.30. The maximum absolute atomic E-state index is 15.1. The van der Waals surface area contributed by atoms with E-state index in [4.69, 9.17) is 4.74 Å². The molecule has 0 unspecified atom stereocenters. The van der Waals surface area contributed by atoms with Crippen molar-refractivity contribution >= 4 is 5.97 Å². The number of hydrogen-bond donors (Lipinski definition) is 1. The zero-order valence-corrected chi connectivity index (χ0v) is 20.0. The van der Waals surface area contributed by atoms with Crippen LogP contribution in [0.2, 0.25) is 0 Å². The molecule has 0 amide bonds. The highest BCUT2D eigenvalue weighted by molar-refractivity contribution is 5.72. The molecule has 174 valence electrons. The van der Waals surface area contributed by atoms with Crippen molar-refractivity contribution in [3.63, 3.8) is 0 Å². The molecule has 3 rings (SSSR count). The van der Waals surface area contributed by atoms with E-state index in [0.29, 0.717) is 5.56 Å². The van der Waals surface area contributed by atoms with Crippen LogP contribution in [0.5, 0.6) is 0 Å². The van der Waals surface area contributed by atoms with Crippen molar-refractivity contribution in [3.05, 3.63) is 95.8 Å². The Hall–Kier alpha value is -2.98. The predicted molar refractivity (Wildman–Crippen MR) is 133 cm³/mol. The quantitative estimate of drug-likeness (QED) is 0.379. The van der Waals surface area contributed by atoms with Crippen LogP contribution in [0.25, 0.3) is 11.1 Å². The Labute approximate surface area is 197 Å². The van der Waals surface area contributed by atoms with E-state index < -0.39 is 5.60 Å². The fourth-order valence-electron chi connectivity index (χ4n) is 4.05. The minimum Gasteiger partial charge on any atom is -0.459 e. The molecule has 0 aliphatic rings. The van der Waals surface area contributed by atoms with Crippen LogP contribution < -0.4 is 5.32 Å². The van der Waals surface area contributed by atoms with Crippen molar-refractivity contribution in [1.29, 1.82) is 0 Å². The number of benzene rings is 3. The average molecular weight is 448 g/mol. The van der Waals surface area contributed by atoms with Gasteiger partial charge in [0.15, 0.2) is 0 Å². The lowest BCUT2D eigenvalue weighted by Gasteiger charge is -2.27. The van der Waals surface area contributed by atoms with Crippen molar-refractivity contribution in [2.24, 2.45) is 0 Å². The van der Waals surface area contributed by atoms with Gasteiger partial charge in [0.1, 0.15) is 11.4 Å². The van der Waals surface area contributed by atoms with E-state index in [1.807, 2.05) is 88.4 Å². The van der Waals surface area contributed by atoms with E-state index in [-0.39, 0.29) is 30.3 Å². The Morgan fingerprint density at radius 2 is 1.61 bits per heavy atom. The van der Waals surface area contributed by atoms with Crippen molar-refractivity contribution in [2.45, 2.75) is 58.1 Å². The van der Waals surface area contributed by atoms with Gasteiger partial charge in [0.05, 0.1) is 6.54 Å². The highest BCUT2D eigenvalue weighted by atomic mass is 19.1. The summed E-state index contributed by atoms with van der Waals surface area (Å²) in [6.45, 7) is 7.73. The second-order valence-electron chi connectivity index (χ2n) is 9.49. The van der Waals surface area contributed by atoms with Gasteiger partial charge >= 0.3 is 5.97 Å². The monoisotopic (exact) mass is 447 g/mol. The first-order valence-corrected chi connectivity index (χ1v) is 11.6. The predicted octanol–water partition coefficient (Wildman–Crippen LogP) is 6.53. The lowest BCUT2D eigenvalue weighted by molar-refractivity contribution is -0.153. The number of carbonyl (C=O) groups is 1. The van der Waals surface area contributed by atoms with Gasteiger partial charge < -0.3 is 10.1 Å². The summed E-state index contributed by atoms with van der Waals surface area (Å²) in [5.74, 6) is -0.489. The standard InChI is InChI=1S/C29H34FNO2/c1-21(31-20-28(32)33-29(2,3)4)25(17-15-22-11-7-5-8-12-22)24-16-18-26(27(30)19-24)23-13-9-6-10-14-23/h5-14,16,18-19,21,25,31H,15,17,20H2,1-4H3/t21-,25+/m1/s1. The van der Waals surface area contributed by atoms with Crippen LogP contribution in [0, 0.1) is 5.82 Å². The summed E-state index contributed by atoms with van der Waals surface area (Å²) in [6.07, 6.45) is 1.70. The summed E-state index contributed by atoms with van der Waals surface area (Å²) in [6, 6.07) is 25.3. The third-order valence-electron chi connectivity index (χ3n) is 5.68. The molecule has 0 fully saturated rings. The van der Waals surface area contributed by atoms with E-state index in [1.165, 1.54) is 5.56 Å². The van der Waals surface area contributed by atoms with E-state index in [0.717, 1.165) is 24.0 Å². The first-order chi connectivity index (χ1) is 15.7. The lowest BCUT2D eigenvalue weighted by Crippen LogP contribution is -2.39. The fourth-order valence-corrected chi connectivity index (χ4v) is 4.05. The average Bonchev–Trinajstić information content (AvgIpc) is 2.78. The molecule has 0 radical (unpaired) electrons. The molecule has 2 atom stereocenters. The zero-order valence-electron chi connectivity index (χ0n) is 20.0. The molecule has 0 spiro atoms. The van der Waals surface area contributed by atoms with E-state index in [2.05, 4.69) is 17.4 Å². The largest absolute Gasteiger partial charge is 0.459 e. The molecule has 4 heteroatoms. The Bertz CT molecular complexity index is 1030. The number of rotatable bonds is 9. The second kappa shape index (κ2) is 11.2. The molecule has 0 bridgehead atoms. The van der Waals surface area contributed by atoms with Crippen LogP contribution >= 0.6 is 0 Å². The third-order valence-corrected chi connectivity index (χ3v) is 5.68. The molecule has 0 aliphatic heterocycles. The number of aryl methyl sites for hydroxylation is 1. The normalized spacial score (nSPS) is 13.4. The molecule has 33 heavy (non-hydrogen) atoms. The zero-order chi connectivity index (χ0) is 23.8. The first-order valence-electron chi connectivity index (χ1n) is 11.6. The second-order valence-corrected chi connectivity index (χ2v) is 9.49. The Morgan fingerprint density at radius 1 is 0.970 bits per heavy atom. The molecule has 0 saturated heterocycles.